The van der Waals surface area contributed by atoms with Crippen molar-refractivity contribution in [2.24, 2.45) is 7.05 Å². The molecule has 1 aliphatic heterocycles. The summed E-state index contributed by atoms with van der Waals surface area (Å²) < 4.78 is 7.72. The second-order valence-electron chi connectivity index (χ2n) is 5.93. The first-order valence-electron chi connectivity index (χ1n) is 7.39. The van der Waals surface area contributed by atoms with E-state index in [9.17, 15) is 10.1 Å². The average Bonchev–Trinajstić information content (AvgIpc) is 2.94. The maximum atomic E-state index is 10.9. The molecule has 1 saturated heterocycles. The van der Waals surface area contributed by atoms with E-state index >= 15 is 0 Å². The molecule has 0 N–H and O–H groups in total. The van der Waals surface area contributed by atoms with Crippen molar-refractivity contribution in [3.05, 3.63) is 45.9 Å². The predicted octanol–water partition coefficient (Wildman–Crippen LogP) is 1.78. The van der Waals surface area contributed by atoms with Crippen molar-refractivity contribution in [2.45, 2.75) is 19.4 Å². The first-order valence-corrected chi connectivity index (χ1v) is 7.39. The van der Waals surface area contributed by atoms with E-state index in [1.807, 2.05) is 20.2 Å². The van der Waals surface area contributed by atoms with Gasteiger partial charge < -0.3 is 9.64 Å². The summed E-state index contributed by atoms with van der Waals surface area (Å²) in [6.07, 6.45) is 3.75. The molecule has 2 aromatic rings. The Balaban J connectivity index is 1.86. The molecule has 0 bridgehead atoms. The Hall–Kier alpha value is -2.48. The number of hydrogen-bond donors (Lipinski definition) is 0. The van der Waals surface area contributed by atoms with Crippen LogP contribution in [0, 0.1) is 17.0 Å². The SMILES string of the molecule is Cc1nc(N2CCOC(C)(c3cnn(C)c3)C2)ccc1[N+](=O)[O-]. The van der Waals surface area contributed by atoms with Crippen molar-refractivity contribution in [1.29, 1.82) is 0 Å². The van der Waals surface area contributed by atoms with Crippen LogP contribution in [0.3, 0.4) is 0 Å². The molecule has 1 unspecified atom stereocenters. The molecule has 8 nitrogen and oxygen atoms in total. The number of rotatable bonds is 3. The second kappa shape index (κ2) is 5.62. The van der Waals surface area contributed by atoms with Gasteiger partial charge in [0.1, 0.15) is 17.1 Å². The molecule has 3 heterocycles. The van der Waals surface area contributed by atoms with Gasteiger partial charge in [-0.1, -0.05) is 0 Å². The summed E-state index contributed by atoms with van der Waals surface area (Å²) in [4.78, 5) is 17.0. The quantitative estimate of drug-likeness (QED) is 0.633. The number of pyridine rings is 1. The summed E-state index contributed by atoms with van der Waals surface area (Å²) in [5.41, 5.74) is 0.978. The lowest BCUT2D eigenvalue weighted by molar-refractivity contribution is -0.385. The fourth-order valence-electron chi connectivity index (χ4n) is 2.84. The highest BCUT2D eigenvalue weighted by molar-refractivity contribution is 5.47. The highest BCUT2D eigenvalue weighted by Gasteiger charge is 2.35. The summed E-state index contributed by atoms with van der Waals surface area (Å²) >= 11 is 0. The second-order valence-corrected chi connectivity index (χ2v) is 5.93. The highest BCUT2D eigenvalue weighted by atomic mass is 16.6. The maximum absolute atomic E-state index is 10.9. The fraction of sp³-hybridized carbons (Fsp3) is 0.467. The third-order valence-electron chi connectivity index (χ3n) is 4.15. The minimum Gasteiger partial charge on any atom is -0.367 e. The van der Waals surface area contributed by atoms with E-state index in [4.69, 9.17) is 4.74 Å². The van der Waals surface area contributed by atoms with Crippen molar-refractivity contribution < 1.29 is 9.66 Å². The van der Waals surface area contributed by atoms with E-state index in [-0.39, 0.29) is 5.69 Å². The number of hydrogen-bond acceptors (Lipinski definition) is 6. The number of anilines is 1. The molecule has 0 radical (unpaired) electrons. The third-order valence-corrected chi connectivity index (χ3v) is 4.15. The van der Waals surface area contributed by atoms with Gasteiger partial charge in [0.2, 0.25) is 0 Å². The Morgan fingerprint density at radius 2 is 2.22 bits per heavy atom. The Kier molecular flexibility index (Phi) is 3.77. The van der Waals surface area contributed by atoms with Gasteiger partial charge in [0.15, 0.2) is 0 Å². The maximum Gasteiger partial charge on any atom is 0.290 e. The van der Waals surface area contributed by atoms with Gasteiger partial charge in [-0.2, -0.15) is 5.10 Å². The minimum atomic E-state index is -0.482. The van der Waals surface area contributed by atoms with Crippen molar-refractivity contribution in [3.63, 3.8) is 0 Å². The molecule has 0 amide bonds. The van der Waals surface area contributed by atoms with Crippen LogP contribution < -0.4 is 4.90 Å². The first kappa shape index (κ1) is 15.4. The van der Waals surface area contributed by atoms with Crippen molar-refractivity contribution in [3.8, 4) is 0 Å². The number of nitro groups is 1. The molecule has 0 saturated carbocycles. The first-order chi connectivity index (χ1) is 10.9. The summed E-state index contributed by atoms with van der Waals surface area (Å²) in [5.74, 6) is 0.728. The zero-order valence-corrected chi connectivity index (χ0v) is 13.4. The molecule has 0 aliphatic carbocycles. The van der Waals surface area contributed by atoms with E-state index in [1.165, 1.54) is 6.07 Å². The summed E-state index contributed by atoms with van der Waals surface area (Å²) in [6.45, 7) is 5.54. The smallest absolute Gasteiger partial charge is 0.290 e. The van der Waals surface area contributed by atoms with Gasteiger partial charge in [0.05, 0.1) is 24.3 Å². The zero-order valence-electron chi connectivity index (χ0n) is 13.4. The van der Waals surface area contributed by atoms with E-state index in [0.717, 1.165) is 11.4 Å². The number of nitrogens with zero attached hydrogens (tertiary/aromatic N) is 5. The molecular weight excluding hydrogens is 298 g/mol. The highest BCUT2D eigenvalue weighted by Crippen LogP contribution is 2.31. The molecule has 2 aromatic heterocycles. The van der Waals surface area contributed by atoms with Crippen LogP contribution in [0.25, 0.3) is 0 Å². The average molecular weight is 317 g/mol. The van der Waals surface area contributed by atoms with E-state index in [1.54, 1.807) is 23.9 Å². The molecule has 3 rings (SSSR count). The van der Waals surface area contributed by atoms with Gasteiger partial charge in [-0.05, 0) is 19.9 Å². The van der Waals surface area contributed by atoms with Gasteiger partial charge in [-0.25, -0.2) is 4.98 Å². The van der Waals surface area contributed by atoms with Gasteiger partial charge in [-0.15, -0.1) is 0 Å². The van der Waals surface area contributed by atoms with Crippen LogP contribution in [-0.2, 0) is 17.4 Å². The van der Waals surface area contributed by atoms with Crippen molar-refractivity contribution in [2.75, 3.05) is 24.6 Å². The molecule has 0 spiro atoms. The van der Waals surface area contributed by atoms with Crippen LogP contribution in [0.5, 0.6) is 0 Å². The van der Waals surface area contributed by atoms with E-state index in [0.29, 0.717) is 25.4 Å². The lowest BCUT2D eigenvalue weighted by atomic mass is 9.97. The summed E-state index contributed by atoms with van der Waals surface area (Å²) in [6, 6.07) is 3.20. The van der Waals surface area contributed by atoms with Crippen molar-refractivity contribution >= 4 is 11.5 Å². The van der Waals surface area contributed by atoms with Gasteiger partial charge in [0, 0.05) is 31.4 Å². The number of aromatic nitrogens is 3. The molecular formula is C15H19N5O3. The van der Waals surface area contributed by atoms with Crippen LogP contribution >= 0.6 is 0 Å². The lowest BCUT2D eigenvalue weighted by Gasteiger charge is -2.40. The van der Waals surface area contributed by atoms with Gasteiger partial charge >= 0.3 is 0 Å². The van der Waals surface area contributed by atoms with Crippen LogP contribution in [-0.4, -0.2) is 39.4 Å². The monoisotopic (exact) mass is 317 g/mol. The van der Waals surface area contributed by atoms with Crippen LogP contribution in [0.4, 0.5) is 11.5 Å². The molecule has 1 aliphatic rings. The summed E-state index contributed by atoms with van der Waals surface area (Å²) in [5, 5.41) is 15.1. The Morgan fingerprint density at radius 1 is 1.43 bits per heavy atom. The molecule has 0 aromatic carbocycles. The van der Waals surface area contributed by atoms with Gasteiger partial charge in [-0.3, -0.25) is 14.8 Å². The zero-order chi connectivity index (χ0) is 16.6. The summed E-state index contributed by atoms with van der Waals surface area (Å²) in [7, 11) is 1.87. The van der Waals surface area contributed by atoms with Crippen LogP contribution in [0.15, 0.2) is 24.5 Å². The normalized spacial score (nSPS) is 21.4. The fourth-order valence-corrected chi connectivity index (χ4v) is 2.84. The standard InChI is InChI=1S/C15H19N5O3/c1-11-13(20(21)22)4-5-14(17-11)19-6-7-23-15(2,10-19)12-8-16-18(3)9-12/h4-5,8-9H,6-7,10H2,1-3H3. The number of aryl methyl sites for hydroxylation is 2. The Morgan fingerprint density at radius 3 is 2.83 bits per heavy atom. The predicted molar refractivity (Wildman–Crippen MR) is 84.4 cm³/mol. The Bertz CT molecular complexity index is 744. The molecule has 1 atom stereocenters. The molecule has 8 heteroatoms. The van der Waals surface area contributed by atoms with Crippen LogP contribution in [0.2, 0.25) is 0 Å². The Labute approximate surface area is 133 Å². The van der Waals surface area contributed by atoms with Crippen LogP contribution in [0.1, 0.15) is 18.2 Å². The number of morpholine rings is 1. The molecule has 1 fully saturated rings. The van der Waals surface area contributed by atoms with E-state index in [2.05, 4.69) is 15.0 Å². The van der Waals surface area contributed by atoms with Gasteiger partial charge in [0.25, 0.3) is 5.69 Å². The third kappa shape index (κ3) is 2.89. The lowest BCUT2D eigenvalue weighted by Crippen LogP contribution is -2.48. The molecule has 23 heavy (non-hydrogen) atoms. The van der Waals surface area contributed by atoms with Crippen molar-refractivity contribution in [1.82, 2.24) is 14.8 Å². The molecule has 122 valence electrons. The van der Waals surface area contributed by atoms with E-state index < -0.39 is 10.5 Å². The number of ether oxygens (including phenoxy) is 1. The minimum absolute atomic E-state index is 0.0389. The largest absolute Gasteiger partial charge is 0.367 e. The topological polar surface area (TPSA) is 86.3 Å².